The van der Waals surface area contributed by atoms with Crippen molar-refractivity contribution in [1.29, 1.82) is 0 Å². The third-order valence-electron chi connectivity index (χ3n) is 6.67. The first-order valence-corrected chi connectivity index (χ1v) is 13.5. The molecule has 172 valence electrons. The molecule has 0 N–H and O–H groups in total. The topological polar surface area (TPSA) is 6.48 Å². The first kappa shape index (κ1) is 26.4. The summed E-state index contributed by atoms with van der Waals surface area (Å²) < 4.78 is 0. The van der Waals surface area contributed by atoms with E-state index in [1.807, 2.05) is 0 Å². The van der Waals surface area contributed by atoms with E-state index in [9.17, 15) is 0 Å². The van der Waals surface area contributed by atoms with Crippen molar-refractivity contribution in [2.45, 2.75) is 149 Å². The van der Waals surface area contributed by atoms with Crippen LogP contribution in [0.3, 0.4) is 0 Å². The Morgan fingerprint density at radius 3 is 1.38 bits per heavy atom. The fraction of sp³-hybridized carbons (Fsp3) is 0.926. The van der Waals surface area contributed by atoms with Crippen molar-refractivity contribution >= 4 is 0 Å². The molecule has 1 atom stereocenters. The molecule has 0 saturated carbocycles. The first-order valence-electron chi connectivity index (χ1n) is 13.5. The minimum absolute atomic E-state index is 0.638. The van der Waals surface area contributed by atoms with E-state index < -0.39 is 0 Å². The summed E-state index contributed by atoms with van der Waals surface area (Å²) in [6.45, 7) is 9.30. The molecule has 2 nitrogen and oxygen atoms in total. The Balaban J connectivity index is 2.01. The first-order chi connectivity index (χ1) is 14.3. The second-order valence-corrected chi connectivity index (χ2v) is 9.29. The molecule has 1 aliphatic heterocycles. The smallest absolute Gasteiger partial charge is 0.101 e. The van der Waals surface area contributed by atoms with Gasteiger partial charge in [-0.1, -0.05) is 117 Å². The van der Waals surface area contributed by atoms with Gasteiger partial charge in [0.2, 0.25) is 0 Å². The molecule has 1 rings (SSSR count). The van der Waals surface area contributed by atoms with E-state index in [-0.39, 0.29) is 0 Å². The average molecular weight is 407 g/mol. The van der Waals surface area contributed by atoms with Crippen LogP contribution in [0.15, 0.2) is 12.4 Å². The molecule has 0 bridgehead atoms. The van der Waals surface area contributed by atoms with Crippen molar-refractivity contribution in [3.63, 3.8) is 0 Å². The fourth-order valence-electron chi connectivity index (χ4n) is 4.67. The summed E-state index contributed by atoms with van der Waals surface area (Å²) in [7, 11) is 0. The van der Waals surface area contributed by atoms with Crippen molar-refractivity contribution in [1.82, 2.24) is 9.80 Å². The van der Waals surface area contributed by atoms with Gasteiger partial charge in [0, 0.05) is 25.5 Å². The maximum absolute atomic E-state index is 2.63. The van der Waals surface area contributed by atoms with E-state index in [1.165, 1.54) is 129 Å². The Labute approximate surface area is 184 Å². The van der Waals surface area contributed by atoms with Crippen molar-refractivity contribution in [2.24, 2.45) is 0 Å². The lowest BCUT2D eigenvalue weighted by atomic mass is 10.0. The van der Waals surface area contributed by atoms with Gasteiger partial charge in [0.1, 0.15) is 6.17 Å². The molecule has 1 aliphatic rings. The molecular weight excluding hydrogens is 352 g/mol. The highest BCUT2D eigenvalue weighted by Crippen LogP contribution is 2.22. The molecule has 0 aliphatic carbocycles. The number of hydrogen-bond acceptors (Lipinski definition) is 2. The highest BCUT2D eigenvalue weighted by molar-refractivity contribution is 4.96. The van der Waals surface area contributed by atoms with Crippen LogP contribution in [0.25, 0.3) is 0 Å². The van der Waals surface area contributed by atoms with E-state index in [4.69, 9.17) is 0 Å². The van der Waals surface area contributed by atoms with Crippen LogP contribution < -0.4 is 0 Å². The quantitative estimate of drug-likeness (QED) is 0.176. The summed E-state index contributed by atoms with van der Waals surface area (Å²) in [6, 6.07) is 0. The van der Waals surface area contributed by atoms with Gasteiger partial charge in [-0.25, -0.2) is 0 Å². The molecule has 2 heteroatoms. The highest BCUT2D eigenvalue weighted by atomic mass is 15.4. The Morgan fingerprint density at radius 2 is 0.897 bits per heavy atom. The van der Waals surface area contributed by atoms with E-state index in [0.29, 0.717) is 6.17 Å². The molecule has 0 aromatic rings. The average Bonchev–Trinajstić information content (AvgIpc) is 3.13. The molecule has 0 aromatic carbocycles. The predicted molar refractivity (Wildman–Crippen MR) is 131 cm³/mol. The molecule has 0 radical (unpaired) electrons. The van der Waals surface area contributed by atoms with Crippen LogP contribution in [-0.4, -0.2) is 29.1 Å². The van der Waals surface area contributed by atoms with E-state index >= 15 is 0 Å². The zero-order chi connectivity index (χ0) is 21.0. The summed E-state index contributed by atoms with van der Waals surface area (Å²) in [4.78, 5) is 5.18. The Hall–Kier alpha value is -0.660. The maximum atomic E-state index is 2.63. The number of rotatable bonds is 21. The molecule has 0 saturated heterocycles. The summed E-state index contributed by atoms with van der Waals surface area (Å²) in [5, 5.41) is 0. The van der Waals surface area contributed by atoms with Gasteiger partial charge in [-0.2, -0.15) is 0 Å². The van der Waals surface area contributed by atoms with E-state index in [1.54, 1.807) is 0 Å². The van der Waals surface area contributed by atoms with Crippen LogP contribution in [-0.2, 0) is 0 Å². The van der Waals surface area contributed by atoms with Crippen LogP contribution in [0.5, 0.6) is 0 Å². The van der Waals surface area contributed by atoms with E-state index in [0.717, 1.165) is 6.54 Å². The number of nitrogens with zero attached hydrogens (tertiary/aromatic N) is 2. The summed E-state index contributed by atoms with van der Waals surface area (Å²) in [5.74, 6) is 0. The minimum atomic E-state index is 0.638. The molecule has 0 aromatic heterocycles. The second-order valence-electron chi connectivity index (χ2n) is 9.29. The summed E-state index contributed by atoms with van der Waals surface area (Å²) in [6.07, 6.45) is 32.4. The summed E-state index contributed by atoms with van der Waals surface area (Å²) in [5.41, 5.74) is 0. The molecule has 1 unspecified atom stereocenters. The van der Waals surface area contributed by atoms with Gasteiger partial charge >= 0.3 is 0 Å². The van der Waals surface area contributed by atoms with Crippen molar-refractivity contribution < 1.29 is 0 Å². The fourth-order valence-corrected chi connectivity index (χ4v) is 4.67. The van der Waals surface area contributed by atoms with Crippen molar-refractivity contribution in [3.05, 3.63) is 12.4 Å². The predicted octanol–water partition coefficient (Wildman–Crippen LogP) is 8.87. The standard InChI is InChI=1S/C27H54N2/c1-4-7-9-11-13-14-15-16-17-18-20-22-24-29-26-25-28(6-3)27(29)23-21-19-12-10-8-5-2/h25-27H,4-24H2,1-3H3. The SMILES string of the molecule is CCCCCCCCCCCCCCN1C=CN(CC)C1CCCCCCCC. The Kier molecular flexibility index (Phi) is 17.6. The normalized spacial score (nSPS) is 16.3. The van der Waals surface area contributed by atoms with Gasteiger partial charge in [-0.3, -0.25) is 0 Å². The summed E-state index contributed by atoms with van der Waals surface area (Å²) >= 11 is 0. The van der Waals surface area contributed by atoms with Gasteiger partial charge in [-0.15, -0.1) is 0 Å². The third kappa shape index (κ3) is 13.3. The molecule has 0 fully saturated rings. The minimum Gasteiger partial charge on any atom is -0.356 e. The van der Waals surface area contributed by atoms with Crippen LogP contribution in [0.1, 0.15) is 143 Å². The van der Waals surface area contributed by atoms with Crippen molar-refractivity contribution in [3.8, 4) is 0 Å². The van der Waals surface area contributed by atoms with Gasteiger partial charge < -0.3 is 9.80 Å². The van der Waals surface area contributed by atoms with Gasteiger partial charge in [0.15, 0.2) is 0 Å². The molecule has 0 amide bonds. The van der Waals surface area contributed by atoms with Crippen molar-refractivity contribution in [2.75, 3.05) is 13.1 Å². The zero-order valence-electron chi connectivity index (χ0n) is 20.5. The molecule has 29 heavy (non-hydrogen) atoms. The Bertz CT molecular complexity index is 366. The Morgan fingerprint density at radius 1 is 0.483 bits per heavy atom. The van der Waals surface area contributed by atoms with Gasteiger partial charge in [-0.05, 0) is 26.2 Å². The van der Waals surface area contributed by atoms with Crippen LogP contribution >= 0.6 is 0 Å². The van der Waals surface area contributed by atoms with Gasteiger partial charge in [0.25, 0.3) is 0 Å². The lowest BCUT2D eigenvalue weighted by Crippen LogP contribution is -2.38. The van der Waals surface area contributed by atoms with Crippen LogP contribution in [0.2, 0.25) is 0 Å². The molecule has 1 heterocycles. The highest BCUT2D eigenvalue weighted by Gasteiger charge is 2.23. The van der Waals surface area contributed by atoms with Gasteiger partial charge in [0.05, 0.1) is 0 Å². The zero-order valence-corrected chi connectivity index (χ0v) is 20.5. The van der Waals surface area contributed by atoms with Crippen LogP contribution in [0.4, 0.5) is 0 Å². The lowest BCUT2D eigenvalue weighted by Gasteiger charge is -2.32. The monoisotopic (exact) mass is 406 g/mol. The molecule has 0 spiro atoms. The number of hydrogen-bond donors (Lipinski definition) is 0. The molecular formula is C27H54N2. The largest absolute Gasteiger partial charge is 0.356 e. The second kappa shape index (κ2) is 19.3. The van der Waals surface area contributed by atoms with E-state index in [2.05, 4.69) is 43.0 Å². The lowest BCUT2D eigenvalue weighted by molar-refractivity contribution is 0.142. The third-order valence-corrected chi connectivity index (χ3v) is 6.67. The number of unbranched alkanes of at least 4 members (excludes halogenated alkanes) is 16. The van der Waals surface area contributed by atoms with Crippen LogP contribution in [0, 0.1) is 0 Å². The maximum Gasteiger partial charge on any atom is 0.101 e.